The second kappa shape index (κ2) is 12.2. The Bertz CT molecular complexity index is 1600. The molecule has 42 heavy (non-hydrogen) atoms. The summed E-state index contributed by atoms with van der Waals surface area (Å²) in [5.74, 6) is 1.39. The van der Waals surface area contributed by atoms with E-state index in [1.165, 1.54) is 10.6 Å². The van der Waals surface area contributed by atoms with Crippen LogP contribution in [0.3, 0.4) is 0 Å². The van der Waals surface area contributed by atoms with Crippen molar-refractivity contribution in [3.05, 3.63) is 107 Å². The number of carbonyl (C=O) groups is 3. The van der Waals surface area contributed by atoms with Crippen molar-refractivity contribution >= 4 is 24.0 Å². The van der Waals surface area contributed by atoms with Crippen LogP contribution in [-0.4, -0.2) is 35.2 Å². The second-order valence-electron chi connectivity index (χ2n) is 10.8. The molecule has 0 saturated carbocycles. The molecule has 1 amide bonds. The molecular weight excluding hydrogens is 536 g/mol. The highest BCUT2D eigenvalue weighted by molar-refractivity contribution is 6.10. The molecule has 4 aromatic rings. The fourth-order valence-corrected chi connectivity index (χ4v) is 4.60. The third-order valence-electron chi connectivity index (χ3n) is 6.57. The lowest BCUT2D eigenvalue weighted by atomic mass is 10.1. The number of rotatable bonds is 10. The summed E-state index contributed by atoms with van der Waals surface area (Å²) in [6.45, 7) is 5.79. The highest BCUT2D eigenvalue weighted by atomic mass is 16.7. The molecule has 216 valence electrons. The number of anilines is 1. The topological polar surface area (TPSA) is 105 Å². The van der Waals surface area contributed by atoms with Gasteiger partial charge in [-0.05, 0) is 87.2 Å². The summed E-state index contributed by atoms with van der Waals surface area (Å²) >= 11 is 0. The van der Waals surface area contributed by atoms with Gasteiger partial charge < -0.3 is 24.3 Å². The molecule has 2 heterocycles. The number of ketones is 1. The van der Waals surface area contributed by atoms with Gasteiger partial charge in [0.15, 0.2) is 11.5 Å². The van der Waals surface area contributed by atoms with E-state index in [4.69, 9.17) is 18.9 Å². The zero-order valence-corrected chi connectivity index (χ0v) is 23.7. The molecule has 1 aliphatic rings. The van der Waals surface area contributed by atoms with Crippen molar-refractivity contribution in [1.82, 2.24) is 4.57 Å². The van der Waals surface area contributed by atoms with Crippen molar-refractivity contribution in [1.29, 1.82) is 0 Å². The summed E-state index contributed by atoms with van der Waals surface area (Å²) in [4.78, 5) is 38.5. The smallest absolute Gasteiger partial charge is 0.419 e. The number of nitrogens with one attached hydrogen (secondary N) is 1. The number of aromatic nitrogens is 1. The van der Waals surface area contributed by atoms with E-state index in [-0.39, 0.29) is 24.7 Å². The first-order chi connectivity index (χ1) is 20.2. The van der Waals surface area contributed by atoms with Gasteiger partial charge in [-0.1, -0.05) is 36.4 Å². The van der Waals surface area contributed by atoms with Crippen LogP contribution in [-0.2, 0) is 29.0 Å². The van der Waals surface area contributed by atoms with Gasteiger partial charge in [-0.2, -0.15) is 0 Å². The van der Waals surface area contributed by atoms with Gasteiger partial charge in [0.1, 0.15) is 23.7 Å². The fourth-order valence-electron chi connectivity index (χ4n) is 4.60. The van der Waals surface area contributed by atoms with Crippen LogP contribution in [0.5, 0.6) is 17.2 Å². The zero-order chi connectivity index (χ0) is 29.7. The second-order valence-corrected chi connectivity index (χ2v) is 10.8. The van der Waals surface area contributed by atoms with E-state index in [2.05, 4.69) is 5.32 Å². The lowest BCUT2D eigenvalue weighted by Crippen LogP contribution is -2.30. The first-order valence-electron chi connectivity index (χ1n) is 13.6. The van der Waals surface area contributed by atoms with Crippen molar-refractivity contribution in [3.8, 4) is 17.2 Å². The minimum Gasteiger partial charge on any atom is -0.487 e. The molecular formula is C33H32N2O7. The molecule has 9 heteroatoms. The van der Waals surface area contributed by atoms with Crippen LogP contribution < -0.4 is 19.5 Å². The number of hydrogen-bond donors (Lipinski definition) is 1. The molecule has 0 radical (unpaired) electrons. The number of carbonyl (C=O) groups excluding carboxylic acids is 3. The minimum atomic E-state index is -0.769. The van der Waals surface area contributed by atoms with E-state index >= 15 is 0 Å². The van der Waals surface area contributed by atoms with Gasteiger partial charge in [0.25, 0.3) is 0 Å². The van der Waals surface area contributed by atoms with Crippen molar-refractivity contribution in [2.75, 3.05) is 12.1 Å². The number of nitrogens with zero attached hydrogens (tertiary/aromatic N) is 1. The standard InChI is InChI=1S/C33H32N2O7/c1-33(2,3)42-32(38)35-25(12-9-22-10-15-29-30(17-22)41-21-40-29)13-14-27(35)31(37)24-11-16-28(26(18-24)34-20-36)39-19-23-7-5-4-6-8-23/h4-8,10-11,13-18,20H,9,12,19,21H2,1-3H3,(H,34,36). The van der Waals surface area contributed by atoms with Gasteiger partial charge in [0.05, 0.1) is 5.69 Å². The third kappa shape index (κ3) is 6.63. The Kier molecular flexibility index (Phi) is 8.28. The van der Waals surface area contributed by atoms with Crippen LogP contribution >= 0.6 is 0 Å². The summed E-state index contributed by atoms with van der Waals surface area (Å²) in [6, 6.07) is 23.5. The fraction of sp³-hybridized carbons (Fsp3) is 0.242. The predicted octanol–water partition coefficient (Wildman–Crippen LogP) is 6.16. The maximum atomic E-state index is 13.8. The molecule has 0 aliphatic carbocycles. The Morgan fingerprint density at radius 1 is 0.905 bits per heavy atom. The molecule has 9 nitrogen and oxygen atoms in total. The van der Waals surface area contributed by atoms with E-state index in [9.17, 15) is 14.4 Å². The van der Waals surface area contributed by atoms with Crippen molar-refractivity contribution < 1.29 is 33.3 Å². The lowest BCUT2D eigenvalue weighted by molar-refractivity contribution is -0.105. The number of amides is 1. The molecule has 0 spiro atoms. The van der Waals surface area contributed by atoms with Gasteiger partial charge in [-0.15, -0.1) is 0 Å². The summed E-state index contributed by atoms with van der Waals surface area (Å²) in [5, 5.41) is 2.61. The number of aryl methyl sites for hydroxylation is 2. The van der Waals surface area contributed by atoms with Crippen LogP contribution in [0.1, 0.15) is 53.6 Å². The number of hydrogen-bond acceptors (Lipinski definition) is 7. The summed E-state index contributed by atoms with van der Waals surface area (Å²) < 4.78 is 23.8. The molecule has 1 N–H and O–H groups in total. The quantitative estimate of drug-likeness (QED) is 0.180. The molecule has 0 atom stereocenters. The van der Waals surface area contributed by atoms with Crippen LogP contribution in [0.25, 0.3) is 0 Å². The first kappa shape index (κ1) is 28.5. The molecule has 3 aromatic carbocycles. The Hall–Kier alpha value is -5.05. The van der Waals surface area contributed by atoms with Gasteiger partial charge in [-0.25, -0.2) is 9.36 Å². The van der Waals surface area contributed by atoms with Crippen molar-refractivity contribution in [2.45, 2.75) is 45.8 Å². The monoisotopic (exact) mass is 568 g/mol. The number of fused-ring (bicyclic) bond motifs is 1. The average molecular weight is 569 g/mol. The third-order valence-corrected chi connectivity index (χ3v) is 6.57. The maximum Gasteiger partial charge on any atom is 0.419 e. The van der Waals surface area contributed by atoms with E-state index in [0.717, 1.165) is 11.1 Å². The Balaban J connectivity index is 1.41. The van der Waals surface area contributed by atoms with E-state index < -0.39 is 17.5 Å². The van der Waals surface area contributed by atoms with Gasteiger partial charge in [-0.3, -0.25) is 9.59 Å². The first-order valence-corrected chi connectivity index (χ1v) is 13.6. The highest BCUT2D eigenvalue weighted by Gasteiger charge is 2.26. The normalized spacial score (nSPS) is 12.1. The number of benzene rings is 3. The summed E-state index contributed by atoms with van der Waals surface area (Å²) in [5.41, 5.74) is 2.58. The van der Waals surface area contributed by atoms with Gasteiger partial charge >= 0.3 is 6.09 Å². The maximum absolute atomic E-state index is 13.8. The summed E-state index contributed by atoms with van der Waals surface area (Å²) in [6.07, 6.45) is 0.941. The molecule has 0 unspecified atom stereocenters. The Morgan fingerprint density at radius 2 is 1.69 bits per heavy atom. The van der Waals surface area contributed by atoms with E-state index in [1.54, 1.807) is 45.0 Å². The Morgan fingerprint density at radius 3 is 2.45 bits per heavy atom. The highest BCUT2D eigenvalue weighted by Crippen LogP contribution is 2.33. The molecule has 1 aromatic heterocycles. The van der Waals surface area contributed by atoms with E-state index in [0.29, 0.717) is 47.9 Å². The van der Waals surface area contributed by atoms with E-state index in [1.807, 2.05) is 48.5 Å². The van der Waals surface area contributed by atoms with Crippen molar-refractivity contribution in [3.63, 3.8) is 0 Å². The van der Waals surface area contributed by atoms with Crippen molar-refractivity contribution in [2.24, 2.45) is 0 Å². The summed E-state index contributed by atoms with van der Waals surface area (Å²) in [7, 11) is 0. The molecule has 0 fully saturated rings. The van der Waals surface area contributed by atoms with Crippen LogP contribution in [0.2, 0.25) is 0 Å². The zero-order valence-electron chi connectivity index (χ0n) is 23.7. The van der Waals surface area contributed by atoms with Gasteiger partial charge in [0.2, 0.25) is 19.0 Å². The van der Waals surface area contributed by atoms with Crippen LogP contribution in [0, 0.1) is 0 Å². The molecule has 0 saturated heterocycles. The Labute approximate surface area is 244 Å². The largest absolute Gasteiger partial charge is 0.487 e. The predicted molar refractivity (Wildman–Crippen MR) is 156 cm³/mol. The molecule has 1 aliphatic heterocycles. The SMILES string of the molecule is CC(C)(C)OC(=O)n1c(CCc2ccc3c(c2)OCO3)ccc1C(=O)c1ccc(OCc2ccccc2)c(NC=O)c1. The minimum absolute atomic E-state index is 0.153. The number of ether oxygens (including phenoxy) is 4. The van der Waals surface area contributed by atoms with Crippen LogP contribution in [0.4, 0.5) is 10.5 Å². The van der Waals surface area contributed by atoms with Crippen LogP contribution in [0.15, 0.2) is 78.9 Å². The molecule has 0 bridgehead atoms. The lowest BCUT2D eigenvalue weighted by Gasteiger charge is -2.21. The molecule has 5 rings (SSSR count). The van der Waals surface area contributed by atoms with Gasteiger partial charge in [0, 0.05) is 11.3 Å². The average Bonchev–Trinajstić information content (AvgIpc) is 3.62.